The molecule has 1 aromatic carbocycles. The van der Waals surface area contributed by atoms with Crippen LogP contribution in [0.15, 0.2) is 24.3 Å². The number of carbonyl (C=O) groups is 1. The molecule has 0 aliphatic rings. The Balaban J connectivity index is 2.11. The van der Waals surface area contributed by atoms with Crippen LogP contribution in [0.3, 0.4) is 0 Å². The van der Waals surface area contributed by atoms with Gasteiger partial charge in [0.05, 0.1) is 0 Å². The monoisotopic (exact) mass is 234 g/mol. The van der Waals surface area contributed by atoms with Crippen LogP contribution in [-0.4, -0.2) is 19.0 Å². The molecule has 1 amide bonds. The largest absolute Gasteiger partial charge is 0.356 e. The summed E-state index contributed by atoms with van der Waals surface area (Å²) in [5, 5.41) is 6.13. The van der Waals surface area contributed by atoms with Crippen LogP contribution in [0.1, 0.15) is 30.9 Å². The molecule has 0 unspecified atom stereocenters. The van der Waals surface area contributed by atoms with Crippen LogP contribution >= 0.6 is 0 Å². The van der Waals surface area contributed by atoms with E-state index in [2.05, 4.69) is 48.7 Å². The maximum Gasteiger partial charge on any atom is 0.221 e. The molecule has 0 bridgehead atoms. The number of carbonyl (C=O) groups excluding carboxylic acids is 1. The Morgan fingerprint density at radius 3 is 2.53 bits per heavy atom. The van der Waals surface area contributed by atoms with Gasteiger partial charge in [0.15, 0.2) is 0 Å². The number of benzene rings is 1. The normalized spacial score (nSPS) is 10.2. The van der Waals surface area contributed by atoms with Gasteiger partial charge < -0.3 is 10.6 Å². The van der Waals surface area contributed by atoms with Crippen LogP contribution < -0.4 is 10.6 Å². The highest BCUT2D eigenvalue weighted by Crippen LogP contribution is 2.02. The second-order valence-electron chi connectivity index (χ2n) is 4.26. The predicted molar refractivity (Wildman–Crippen MR) is 70.8 cm³/mol. The average Bonchev–Trinajstić information content (AvgIpc) is 2.34. The van der Waals surface area contributed by atoms with Crippen molar-refractivity contribution >= 4 is 5.91 Å². The van der Waals surface area contributed by atoms with Crippen molar-refractivity contribution in [3.63, 3.8) is 0 Å². The van der Waals surface area contributed by atoms with Crippen molar-refractivity contribution < 1.29 is 4.79 Å². The number of hydrogen-bond acceptors (Lipinski definition) is 2. The van der Waals surface area contributed by atoms with E-state index in [0.29, 0.717) is 6.42 Å². The number of aryl methyl sites for hydroxylation is 1. The summed E-state index contributed by atoms with van der Waals surface area (Å²) in [7, 11) is 0. The molecule has 0 saturated carbocycles. The summed E-state index contributed by atoms with van der Waals surface area (Å²) in [6.07, 6.45) is 1.54. The van der Waals surface area contributed by atoms with Crippen molar-refractivity contribution in [1.82, 2.24) is 10.6 Å². The summed E-state index contributed by atoms with van der Waals surface area (Å²) >= 11 is 0. The van der Waals surface area contributed by atoms with Gasteiger partial charge in [0.1, 0.15) is 0 Å². The van der Waals surface area contributed by atoms with Crippen molar-refractivity contribution in [3.8, 4) is 0 Å². The lowest BCUT2D eigenvalue weighted by Crippen LogP contribution is -2.27. The Bertz CT molecular complexity index is 333. The molecule has 0 fully saturated rings. The molecule has 1 aromatic rings. The minimum Gasteiger partial charge on any atom is -0.356 e. The molecule has 94 valence electrons. The first-order valence-electron chi connectivity index (χ1n) is 6.25. The summed E-state index contributed by atoms with van der Waals surface area (Å²) in [4.78, 5) is 11.3. The highest BCUT2D eigenvalue weighted by Gasteiger charge is 1.99. The smallest absolute Gasteiger partial charge is 0.221 e. The fraction of sp³-hybridized carbons (Fsp3) is 0.500. The standard InChI is InChI=1S/C14H22N2O/c1-3-9-16-14(17)8-10-15-11-13-6-4-12(2)5-7-13/h4-7,15H,3,8-11H2,1-2H3,(H,16,17). The maximum absolute atomic E-state index is 11.3. The van der Waals surface area contributed by atoms with Gasteiger partial charge in [0.25, 0.3) is 0 Å². The molecule has 0 heterocycles. The number of nitrogens with one attached hydrogen (secondary N) is 2. The topological polar surface area (TPSA) is 41.1 Å². The first-order valence-corrected chi connectivity index (χ1v) is 6.25. The highest BCUT2D eigenvalue weighted by molar-refractivity contribution is 5.75. The summed E-state index contributed by atoms with van der Waals surface area (Å²) in [6, 6.07) is 8.43. The van der Waals surface area contributed by atoms with Gasteiger partial charge in [-0.05, 0) is 18.9 Å². The molecule has 0 radical (unpaired) electrons. The van der Waals surface area contributed by atoms with Gasteiger partial charge in [-0.15, -0.1) is 0 Å². The van der Waals surface area contributed by atoms with Gasteiger partial charge in [-0.3, -0.25) is 4.79 Å². The van der Waals surface area contributed by atoms with E-state index < -0.39 is 0 Å². The van der Waals surface area contributed by atoms with Crippen LogP contribution in [0.4, 0.5) is 0 Å². The third kappa shape index (κ3) is 6.07. The van der Waals surface area contributed by atoms with Gasteiger partial charge in [-0.2, -0.15) is 0 Å². The zero-order chi connectivity index (χ0) is 12.5. The summed E-state index contributed by atoms with van der Waals surface area (Å²) in [5.74, 6) is 0.128. The minimum atomic E-state index is 0.128. The Morgan fingerprint density at radius 1 is 1.18 bits per heavy atom. The Hall–Kier alpha value is -1.35. The number of rotatable bonds is 7. The van der Waals surface area contributed by atoms with Crippen molar-refractivity contribution in [2.75, 3.05) is 13.1 Å². The van der Waals surface area contributed by atoms with Crippen LogP contribution in [0, 0.1) is 6.92 Å². The second kappa shape index (κ2) is 7.85. The molecule has 3 nitrogen and oxygen atoms in total. The van der Waals surface area contributed by atoms with E-state index >= 15 is 0 Å². The molecule has 0 spiro atoms. The Kier molecular flexibility index (Phi) is 6.33. The Labute approximate surface area is 104 Å². The zero-order valence-corrected chi connectivity index (χ0v) is 10.8. The van der Waals surface area contributed by atoms with E-state index in [4.69, 9.17) is 0 Å². The maximum atomic E-state index is 11.3. The van der Waals surface area contributed by atoms with Gasteiger partial charge >= 0.3 is 0 Å². The molecular formula is C14H22N2O. The molecule has 0 atom stereocenters. The lowest BCUT2D eigenvalue weighted by Gasteiger charge is -2.06. The van der Waals surface area contributed by atoms with E-state index in [1.165, 1.54) is 11.1 Å². The lowest BCUT2D eigenvalue weighted by atomic mass is 10.1. The molecule has 0 aromatic heterocycles. The van der Waals surface area contributed by atoms with Gasteiger partial charge in [-0.25, -0.2) is 0 Å². The predicted octanol–water partition coefficient (Wildman–Crippen LogP) is 2.00. The molecular weight excluding hydrogens is 212 g/mol. The fourth-order valence-corrected chi connectivity index (χ4v) is 1.49. The molecule has 0 aliphatic heterocycles. The van der Waals surface area contributed by atoms with Crippen LogP contribution in [0.25, 0.3) is 0 Å². The molecule has 0 saturated heterocycles. The van der Waals surface area contributed by atoms with Gasteiger partial charge in [0.2, 0.25) is 5.91 Å². The minimum absolute atomic E-state index is 0.128. The van der Waals surface area contributed by atoms with Crippen molar-refractivity contribution in [1.29, 1.82) is 0 Å². The number of hydrogen-bond donors (Lipinski definition) is 2. The van der Waals surface area contributed by atoms with E-state index in [1.807, 2.05) is 0 Å². The quantitative estimate of drug-likeness (QED) is 0.708. The Morgan fingerprint density at radius 2 is 1.88 bits per heavy atom. The first-order chi connectivity index (χ1) is 8.22. The number of amides is 1. The SMILES string of the molecule is CCCNC(=O)CCNCc1ccc(C)cc1. The average molecular weight is 234 g/mol. The van der Waals surface area contributed by atoms with Crippen molar-refractivity contribution in [3.05, 3.63) is 35.4 Å². The molecule has 17 heavy (non-hydrogen) atoms. The second-order valence-corrected chi connectivity index (χ2v) is 4.26. The van der Waals surface area contributed by atoms with Crippen LogP contribution in [-0.2, 0) is 11.3 Å². The summed E-state index contributed by atoms with van der Waals surface area (Å²) in [6.45, 7) is 6.45. The molecule has 2 N–H and O–H groups in total. The van der Waals surface area contributed by atoms with E-state index in [0.717, 1.165) is 26.1 Å². The van der Waals surface area contributed by atoms with Crippen molar-refractivity contribution in [2.24, 2.45) is 0 Å². The van der Waals surface area contributed by atoms with E-state index in [1.54, 1.807) is 0 Å². The van der Waals surface area contributed by atoms with Crippen LogP contribution in [0.5, 0.6) is 0 Å². The summed E-state index contributed by atoms with van der Waals surface area (Å²) < 4.78 is 0. The molecule has 1 rings (SSSR count). The lowest BCUT2D eigenvalue weighted by molar-refractivity contribution is -0.120. The van der Waals surface area contributed by atoms with Crippen LogP contribution in [0.2, 0.25) is 0 Å². The molecule has 0 aliphatic carbocycles. The summed E-state index contributed by atoms with van der Waals surface area (Å²) in [5.41, 5.74) is 2.53. The van der Waals surface area contributed by atoms with E-state index in [9.17, 15) is 4.79 Å². The van der Waals surface area contributed by atoms with Gasteiger partial charge in [-0.1, -0.05) is 36.8 Å². The zero-order valence-electron chi connectivity index (χ0n) is 10.8. The molecule has 3 heteroatoms. The first kappa shape index (κ1) is 13.7. The van der Waals surface area contributed by atoms with Crippen molar-refractivity contribution in [2.45, 2.75) is 33.2 Å². The van der Waals surface area contributed by atoms with E-state index in [-0.39, 0.29) is 5.91 Å². The third-order valence-corrected chi connectivity index (χ3v) is 2.55. The van der Waals surface area contributed by atoms with Gasteiger partial charge in [0, 0.05) is 26.1 Å². The highest BCUT2D eigenvalue weighted by atomic mass is 16.1. The third-order valence-electron chi connectivity index (χ3n) is 2.55. The fourth-order valence-electron chi connectivity index (χ4n) is 1.49.